The third-order valence-electron chi connectivity index (χ3n) is 3.21. The molecule has 1 aliphatic rings. The van der Waals surface area contributed by atoms with Crippen molar-refractivity contribution in [3.05, 3.63) is 46.7 Å². The van der Waals surface area contributed by atoms with E-state index in [2.05, 4.69) is 5.32 Å². The number of anilines is 1. The topological polar surface area (TPSA) is 112 Å². The highest BCUT2D eigenvalue weighted by atomic mass is 16.5. The quantitative estimate of drug-likeness (QED) is 0.342. The number of fused-ring (bicyclic) bond motifs is 1. The Labute approximate surface area is 128 Å². The third kappa shape index (κ3) is 2.69. The van der Waals surface area contributed by atoms with Gasteiger partial charge in [0.15, 0.2) is 0 Å². The van der Waals surface area contributed by atoms with Gasteiger partial charge in [-0.2, -0.15) is 5.26 Å². The van der Waals surface area contributed by atoms with Crippen LogP contribution in [0.1, 0.15) is 18.1 Å². The Hall–Kier alpha value is -3.07. The first-order chi connectivity index (χ1) is 10.5. The standard InChI is InChI=1S/C16H16N4O2/c1-3-22-16(21)14(15(18)19)13-10(7-17)8-20-12-5-4-9(2)6-11(12)13/h4-6,8,20H,3H2,1-2H3,(H3,18,19)/b14-13-. The summed E-state index contributed by atoms with van der Waals surface area (Å²) in [6, 6.07) is 7.62. The summed E-state index contributed by atoms with van der Waals surface area (Å²) in [6.07, 6.45) is 1.50. The Kier molecular flexibility index (Phi) is 4.28. The first-order valence-corrected chi connectivity index (χ1v) is 6.73. The van der Waals surface area contributed by atoms with Crippen LogP contribution in [0.4, 0.5) is 5.69 Å². The number of rotatable bonds is 3. The molecule has 1 aromatic rings. The van der Waals surface area contributed by atoms with E-state index in [1.54, 1.807) is 6.92 Å². The SMILES string of the molecule is CCOC(=O)/C(C(=N)N)=C1/C(C#N)=CNc2ccc(C)cc21. The van der Waals surface area contributed by atoms with E-state index in [-0.39, 0.29) is 17.8 Å². The van der Waals surface area contributed by atoms with Gasteiger partial charge in [-0.25, -0.2) is 4.79 Å². The van der Waals surface area contributed by atoms with Gasteiger partial charge in [-0.15, -0.1) is 0 Å². The smallest absolute Gasteiger partial charge is 0.342 e. The van der Waals surface area contributed by atoms with Crippen LogP contribution < -0.4 is 11.1 Å². The Morgan fingerprint density at radius 1 is 1.50 bits per heavy atom. The summed E-state index contributed by atoms with van der Waals surface area (Å²) in [7, 11) is 0. The molecule has 0 radical (unpaired) electrons. The second-order valence-electron chi connectivity index (χ2n) is 4.75. The summed E-state index contributed by atoms with van der Waals surface area (Å²) in [4.78, 5) is 12.2. The lowest BCUT2D eigenvalue weighted by atomic mass is 9.89. The van der Waals surface area contributed by atoms with Crippen LogP contribution in [0, 0.1) is 23.7 Å². The monoisotopic (exact) mass is 296 g/mol. The van der Waals surface area contributed by atoms with Gasteiger partial charge in [0.1, 0.15) is 17.5 Å². The molecule has 0 amide bonds. The number of carbonyl (C=O) groups is 1. The largest absolute Gasteiger partial charge is 0.462 e. The molecule has 0 spiro atoms. The second-order valence-corrected chi connectivity index (χ2v) is 4.75. The van der Waals surface area contributed by atoms with Crippen molar-refractivity contribution in [2.24, 2.45) is 5.73 Å². The van der Waals surface area contributed by atoms with Gasteiger partial charge in [0, 0.05) is 23.0 Å². The molecule has 1 heterocycles. The van der Waals surface area contributed by atoms with Crippen LogP contribution in [-0.4, -0.2) is 18.4 Å². The molecule has 1 aromatic carbocycles. The van der Waals surface area contributed by atoms with Gasteiger partial charge < -0.3 is 15.8 Å². The molecule has 0 unspecified atom stereocenters. The molecule has 2 rings (SSSR count). The van der Waals surface area contributed by atoms with Crippen molar-refractivity contribution in [2.75, 3.05) is 11.9 Å². The number of ether oxygens (including phenoxy) is 1. The van der Waals surface area contributed by atoms with Crippen molar-refractivity contribution in [3.63, 3.8) is 0 Å². The molecule has 1 aliphatic heterocycles. The van der Waals surface area contributed by atoms with Crippen LogP contribution in [0.15, 0.2) is 35.5 Å². The van der Waals surface area contributed by atoms with Crippen LogP contribution in [0.2, 0.25) is 0 Å². The van der Waals surface area contributed by atoms with E-state index in [1.807, 2.05) is 31.2 Å². The lowest BCUT2D eigenvalue weighted by Crippen LogP contribution is -2.25. The number of hydrogen-bond acceptors (Lipinski definition) is 5. The van der Waals surface area contributed by atoms with Crippen molar-refractivity contribution in [1.29, 1.82) is 10.7 Å². The number of carbonyl (C=O) groups excluding carboxylic acids is 1. The summed E-state index contributed by atoms with van der Waals surface area (Å²) < 4.78 is 4.98. The number of benzene rings is 1. The van der Waals surface area contributed by atoms with E-state index in [1.165, 1.54) is 6.20 Å². The fourth-order valence-electron chi connectivity index (χ4n) is 2.27. The Morgan fingerprint density at radius 2 is 2.23 bits per heavy atom. The molecule has 0 atom stereocenters. The maximum atomic E-state index is 12.2. The van der Waals surface area contributed by atoms with E-state index < -0.39 is 11.8 Å². The highest BCUT2D eigenvalue weighted by molar-refractivity contribution is 6.25. The first kappa shape index (κ1) is 15.3. The zero-order valence-corrected chi connectivity index (χ0v) is 12.4. The van der Waals surface area contributed by atoms with Crippen LogP contribution in [0.25, 0.3) is 5.57 Å². The molecule has 4 N–H and O–H groups in total. The normalized spacial score (nSPS) is 14.9. The van der Waals surface area contributed by atoms with Crippen LogP contribution in [0.5, 0.6) is 0 Å². The van der Waals surface area contributed by atoms with Crippen molar-refractivity contribution >= 4 is 23.1 Å². The van der Waals surface area contributed by atoms with Crippen molar-refractivity contribution in [2.45, 2.75) is 13.8 Å². The molecular weight excluding hydrogens is 280 g/mol. The molecular formula is C16H16N4O2. The molecule has 6 nitrogen and oxygen atoms in total. The van der Waals surface area contributed by atoms with E-state index in [4.69, 9.17) is 15.9 Å². The lowest BCUT2D eigenvalue weighted by molar-refractivity contribution is -0.137. The van der Waals surface area contributed by atoms with Crippen molar-refractivity contribution in [3.8, 4) is 6.07 Å². The first-order valence-electron chi connectivity index (χ1n) is 6.73. The van der Waals surface area contributed by atoms with Gasteiger partial charge in [-0.3, -0.25) is 5.41 Å². The molecule has 22 heavy (non-hydrogen) atoms. The number of nitriles is 1. The maximum Gasteiger partial charge on any atom is 0.342 e. The predicted octanol–water partition coefficient (Wildman–Crippen LogP) is 2.08. The number of amidine groups is 1. The summed E-state index contributed by atoms with van der Waals surface area (Å²) in [5, 5.41) is 20.1. The van der Waals surface area contributed by atoms with Gasteiger partial charge in [0.25, 0.3) is 0 Å². The molecule has 112 valence electrons. The molecule has 0 saturated heterocycles. The molecule has 0 bridgehead atoms. The summed E-state index contributed by atoms with van der Waals surface area (Å²) >= 11 is 0. The Morgan fingerprint density at radius 3 is 2.82 bits per heavy atom. The second kappa shape index (κ2) is 6.14. The summed E-state index contributed by atoms with van der Waals surface area (Å²) in [6.45, 7) is 3.73. The summed E-state index contributed by atoms with van der Waals surface area (Å²) in [5.74, 6) is -1.13. The average Bonchev–Trinajstić information content (AvgIpc) is 2.47. The number of nitrogens with one attached hydrogen (secondary N) is 2. The highest BCUT2D eigenvalue weighted by Gasteiger charge is 2.27. The number of nitrogens with zero attached hydrogens (tertiary/aromatic N) is 1. The minimum Gasteiger partial charge on any atom is -0.462 e. The number of esters is 1. The number of hydrogen-bond donors (Lipinski definition) is 3. The highest BCUT2D eigenvalue weighted by Crippen LogP contribution is 2.36. The van der Waals surface area contributed by atoms with Gasteiger partial charge in [0.05, 0.1) is 12.2 Å². The summed E-state index contributed by atoms with van der Waals surface area (Å²) in [5.41, 5.74) is 8.39. The fraction of sp³-hybridized carbons (Fsp3) is 0.188. The van der Waals surface area contributed by atoms with E-state index in [0.29, 0.717) is 11.1 Å². The van der Waals surface area contributed by atoms with E-state index in [9.17, 15) is 10.1 Å². The molecule has 0 saturated carbocycles. The zero-order chi connectivity index (χ0) is 16.3. The molecule has 0 aromatic heterocycles. The minimum atomic E-state index is -0.708. The minimum absolute atomic E-state index is 0.0944. The van der Waals surface area contributed by atoms with Gasteiger partial charge in [0.2, 0.25) is 0 Å². The van der Waals surface area contributed by atoms with Crippen molar-refractivity contribution in [1.82, 2.24) is 0 Å². The lowest BCUT2D eigenvalue weighted by Gasteiger charge is -2.21. The Balaban J connectivity index is 2.78. The number of allylic oxidation sites excluding steroid dienone is 2. The maximum absolute atomic E-state index is 12.2. The van der Waals surface area contributed by atoms with Gasteiger partial charge in [-0.05, 0) is 26.0 Å². The van der Waals surface area contributed by atoms with Crippen LogP contribution in [-0.2, 0) is 9.53 Å². The van der Waals surface area contributed by atoms with Crippen LogP contribution in [0.3, 0.4) is 0 Å². The Bertz CT molecular complexity index is 754. The fourth-order valence-corrected chi connectivity index (χ4v) is 2.27. The van der Waals surface area contributed by atoms with E-state index in [0.717, 1.165) is 11.3 Å². The van der Waals surface area contributed by atoms with Crippen LogP contribution >= 0.6 is 0 Å². The molecule has 0 fully saturated rings. The molecule has 6 heteroatoms. The zero-order valence-electron chi connectivity index (χ0n) is 12.4. The van der Waals surface area contributed by atoms with Gasteiger partial charge >= 0.3 is 5.97 Å². The molecule has 0 aliphatic carbocycles. The average molecular weight is 296 g/mol. The third-order valence-corrected chi connectivity index (χ3v) is 3.21. The number of aryl methyl sites for hydroxylation is 1. The number of nitrogens with two attached hydrogens (primary N) is 1. The van der Waals surface area contributed by atoms with Crippen molar-refractivity contribution < 1.29 is 9.53 Å². The van der Waals surface area contributed by atoms with Gasteiger partial charge in [-0.1, -0.05) is 11.6 Å². The van der Waals surface area contributed by atoms with E-state index >= 15 is 0 Å². The predicted molar refractivity (Wildman–Crippen MR) is 84.0 cm³/mol.